The van der Waals surface area contributed by atoms with E-state index in [-0.39, 0.29) is 11.9 Å². The highest BCUT2D eigenvalue weighted by atomic mass is 16.2. The number of para-hydroxylation sites is 1. The summed E-state index contributed by atoms with van der Waals surface area (Å²) in [5, 5.41) is 0. The monoisotopic (exact) mass is 349 g/mol. The molecule has 2 aliphatic heterocycles. The number of benzene rings is 2. The first-order valence-corrected chi connectivity index (χ1v) is 9.54. The van der Waals surface area contributed by atoms with Crippen LogP contribution in [0.4, 0.5) is 5.69 Å². The zero-order valence-corrected chi connectivity index (χ0v) is 15.3. The van der Waals surface area contributed by atoms with Gasteiger partial charge in [0, 0.05) is 30.7 Å². The largest absolute Gasteiger partial charge is 0.330 e. The van der Waals surface area contributed by atoms with Crippen molar-refractivity contribution >= 4 is 11.6 Å². The zero-order chi connectivity index (χ0) is 18.1. The van der Waals surface area contributed by atoms with Gasteiger partial charge in [-0.3, -0.25) is 9.69 Å². The van der Waals surface area contributed by atoms with E-state index in [1.807, 2.05) is 17.0 Å². The van der Waals surface area contributed by atoms with Crippen LogP contribution in [-0.4, -0.2) is 43.0 Å². The maximum Gasteiger partial charge on any atom is 0.241 e. The number of hydrogen-bond acceptors (Lipinski definition) is 3. The van der Waals surface area contributed by atoms with E-state index in [0.717, 1.165) is 25.2 Å². The molecule has 0 bridgehead atoms. The number of nitrogens with two attached hydrogens (primary N) is 1. The number of likely N-dealkylation sites (tertiary alicyclic amines) is 1. The third-order valence-corrected chi connectivity index (χ3v) is 5.88. The smallest absolute Gasteiger partial charge is 0.241 e. The van der Waals surface area contributed by atoms with Gasteiger partial charge in [0.05, 0.1) is 6.54 Å². The Kier molecular flexibility index (Phi) is 4.79. The summed E-state index contributed by atoms with van der Waals surface area (Å²) in [7, 11) is 0. The molecule has 0 radical (unpaired) electrons. The van der Waals surface area contributed by atoms with Crippen LogP contribution in [0.1, 0.15) is 24.0 Å². The molecule has 0 aromatic heterocycles. The summed E-state index contributed by atoms with van der Waals surface area (Å²) < 4.78 is 0. The van der Waals surface area contributed by atoms with Crippen molar-refractivity contribution in [2.45, 2.75) is 25.3 Å². The van der Waals surface area contributed by atoms with Crippen molar-refractivity contribution < 1.29 is 4.79 Å². The van der Waals surface area contributed by atoms with Crippen LogP contribution in [0.2, 0.25) is 0 Å². The number of nitrogens with zero attached hydrogens (tertiary/aromatic N) is 2. The molecule has 136 valence electrons. The molecule has 2 aromatic rings. The third-order valence-electron chi connectivity index (χ3n) is 5.88. The van der Waals surface area contributed by atoms with Crippen LogP contribution in [0.5, 0.6) is 0 Å². The predicted octanol–water partition coefficient (Wildman–Crippen LogP) is 2.64. The fourth-order valence-electron chi connectivity index (χ4n) is 4.62. The number of carbonyl (C=O) groups is 1. The standard InChI is InChI=1S/C22H27N3O/c1-16-11-18-9-5-6-10-21(18)25(16)22(26)15-24-13-19(12-23)20(14-24)17-7-3-2-4-8-17/h2-10,16,19-20H,11-15,23H2,1H3/t16?,19-,20+/m1/s1. The van der Waals surface area contributed by atoms with Crippen LogP contribution in [0.25, 0.3) is 0 Å². The molecule has 26 heavy (non-hydrogen) atoms. The van der Waals surface area contributed by atoms with Gasteiger partial charge in [-0.05, 0) is 43.0 Å². The number of anilines is 1. The van der Waals surface area contributed by atoms with Gasteiger partial charge in [0.25, 0.3) is 0 Å². The molecular formula is C22H27N3O. The van der Waals surface area contributed by atoms with Gasteiger partial charge in [0.2, 0.25) is 5.91 Å². The van der Waals surface area contributed by atoms with E-state index in [1.165, 1.54) is 11.1 Å². The van der Waals surface area contributed by atoms with E-state index >= 15 is 0 Å². The molecule has 3 atom stereocenters. The lowest BCUT2D eigenvalue weighted by Crippen LogP contribution is -2.42. The van der Waals surface area contributed by atoms with Crippen molar-refractivity contribution in [2.24, 2.45) is 11.7 Å². The fraction of sp³-hybridized carbons (Fsp3) is 0.409. The molecule has 2 aliphatic rings. The van der Waals surface area contributed by atoms with Gasteiger partial charge < -0.3 is 10.6 Å². The number of amides is 1. The molecule has 0 aliphatic carbocycles. The van der Waals surface area contributed by atoms with E-state index < -0.39 is 0 Å². The Morgan fingerprint density at radius 2 is 1.81 bits per heavy atom. The van der Waals surface area contributed by atoms with Crippen molar-refractivity contribution in [3.8, 4) is 0 Å². The molecule has 4 rings (SSSR count). The van der Waals surface area contributed by atoms with E-state index in [1.54, 1.807) is 0 Å². The first kappa shape index (κ1) is 17.3. The topological polar surface area (TPSA) is 49.6 Å². The highest BCUT2D eigenvalue weighted by molar-refractivity contribution is 5.97. The average molecular weight is 349 g/mol. The van der Waals surface area contributed by atoms with Gasteiger partial charge in [-0.15, -0.1) is 0 Å². The van der Waals surface area contributed by atoms with Gasteiger partial charge in [0.15, 0.2) is 0 Å². The number of rotatable bonds is 4. The summed E-state index contributed by atoms with van der Waals surface area (Å²) in [6.07, 6.45) is 0.944. The van der Waals surface area contributed by atoms with Crippen molar-refractivity contribution in [3.05, 3.63) is 65.7 Å². The summed E-state index contributed by atoms with van der Waals surface area (Å²) in [6, 6.07) is 19.1. The molecule has 2 N–H and O–H groups in total. The van der Waals surface area contributed by atoms with Gasteiger partial charge in [-0.2, -0.15) is 0 Å². The van der Waals surface area contributed by atoms with Crippen molar-refractivity contribution in [3.63, 3.8) is 0 Å². The third kappa shape index (κ3) is 3.15. The Hall–Kier alpha value is -2.17. The minimum atomic E-state index is 0.201. The molecule has 0 spiro atoms. The minimum Gasteiger partial charge on any atom is -0.330 e. The lowest BCUT2D eigenvalue weighted by Gasteiger charge is -2.25. The van der Waals surface area contributed by atoms with Crippen LogP contribution in [-0.2, 0) is 11.2 Å². The van der Waals surface area contributed by atoms with Crippen LogP contribution >= 0.6 is 0 Å². The summed E-state index contributed by atoms with van der Waals surface area (Å²) in [6.45, 7) is 5.07. The normalized spacial score (nSPS) is 25.5. The SMILES string of the molecule is CC1Cc2ccccc2N1C(=O)CN1C[C@@H](CN)[C@H](c2ccccc2)C1. The Morgan fingerprint density at radius 3 is 2.58 bits per heavy atom. The van der Waals surface area contributed by atoms with Crippen molar-refractivity contribution in [2.75, 3.05) is 31.1 Å². The average Bonchev–Trinajstić information content (AvgIpc) is 3.22. The molecule has 4 heteroatoms. The fourth-order valence-corrected chi connectivity index (χ4v) is 4.62. The molecule has 1 fully saturated rings. The molecule has 4 nitrogen and oxygen atoms in total. The lowest BCUT2D eigenvalue weighted by molar-refractivity contribution is -0.119. The predicted molar refractivity (Wildman–Crippen MR) is 105 cm³/mol. The molecule has 1 saturated heterocycles. The van der Waals surface area contributed by atoms with Gasteiger partial charge in [-0.25, -0.2) is 0 Å². The van der Waals surface area contributed by atoms with E-state index in [2.05, 4.69) is 54.3 Å². The lowest BCUT2D eigenvalue weighted by atomic mass is 9.89. The maximum absolute atomic E-state index is 13.1. The minimum absolute atomic E-state index is 0.201. The first-order chi connectivity index (χ1) is 12.7. The summed E-state index contributed by atoms with van der Waals surface area (Å²) in [4.78, 5) is 17.3. The van der Waals surface area contributed by atoms with Crippen molar-refractivity contribution in [1.29, 1.82) is 0 Å². The molecule has 1 unspecified atom stereocenters. The van der Waals surface area contributed by atoms with E-state index in [9.17, 15) is 4.79 Å². The zero-order valence-electron chi connectivity index (χ0n) is 15.3. The Labute approximate surface area is 155 Å². The second-order valence-corrected chi connectivity index (χ2v) is 7.65. The quantitative estimate of drug-likeness (QED) is 0.923. The maximum atomic E-state index is 13.1. The molecular weight excluding hydrogens is 322 g/mol. The summed E-state index contributed by atoms with van der Waals surface area (Å²) in [5.74, 6) is 1.03. The van der Waals surface area contributed by atoms with E-state index in [4.69, 9.17) is 5.73 Å². The molecule has 0 saturated carbocycles. The number of hydrogen-bond donors (Lipinski definition) is 1. The molecule has 1 amide bonds. The molecule has 2 heterocycles. The molecule has 2 aromatic carbocycles. The van der Waals surface area contributed by atoms with Crippen LogP contribution in [0.15, 0.2) is 54.6 Å². The van der Waals surface area contributed by atoms with Gasteiger partial charge in [0.1, 0.15) is 0 Å². The highest BCUT2D eigenvalue weighted by Crippen LogP contribution is 2.34. The van der Waals surface area contributed by atoms with Crippen LogP contribution in [0, 0.1) is 5.92 Å². The van der Waals surface area contributed by atoms with Gasteiger partial charge in [-0.1, -0.05) is 48.5 Å². The summed E-state index contributed by atoms with van der Waals surface area (Å²) in [5.41, 5.74) is 9.73. The summed E-state index contributed by atoms with van der Waals surface area (Å²) >= 11 is 0. The number of carbonyl (C=O) groups excluding carboxylic acids is 1. The van der Waals surface area contributed by atoms with Crippen LogP contribution < -0.4 is 10.6 Å². The van der Waals surface area contributed by atoms with Crippen LogP contribution in [0.3, 0.4) is 0 Å². The Bertz CT molecular complexity index is 776. The first-order valence-electron chi connectivity index (χ1n) is 9.54. The number of fused-ring (bicyclic) bond motifs is 1. The highest BCUT2D eigenvalue weighted by Gasteiger charge is 2.36. The Morgan fingerprint density at radius 1 is 1.08 bits per heavy atom. The van der Waals surface area contributed by atoms with Gasteiger partial charge >= 0.3 is 0 Å². The second kappa shape index (κ2) is 7.22. The van der Waals surface area contributed by atoms with Crippen molar-refractivity contribution in [1.82, 2.24) is 4.90 Å². The van der Waals surface area contributed by atoms with E-state index in [0.29, 0.717) is 24.9 Å². The second-order valence-electron chi connectivity index (χ2n) is 7.65. The Balaban J connectivity index is 1.47.